The zero-order chi connectivity index (χ0) is 19.5. The molecule has 0 aliphatic carbocycles. The average molecular weight is 370 g/mol. The number of carbonyl (C=O) groups is 1. The minimum atomic E-state index is -1.62. The Morgan fingerprint density at radius 1 is 1.23 bits per heavy atom. The monoisotopic (exact) mass is 370 g/mol. The van der Waals surface area contributed by atoms with Gasteiger partial charge in [-0.15, -0.1) is 6.58 Å². The van der Waals surface area contributed by atoms with Crippen molar-refractivity contribution in [3.63, 3.8) is 0 Å². The van der Waals surface area contributed by atoms with E-state index in [2.05, 4.69) is 22.2 Å². The topological polar surface area (TPSA) is 56.7 Å². The van der Waals surface area contributed by atoms with Crippen LogP contribution in [0.15, 0.2) is 29.8 Å². The minimum Gasteiger partial charge on any atom is -0.347 e. The number of unbranched alkanes of at least 4 members (excludes halogenated alkanes) is 3. The number of anilines is 1. The number of amides is 1. The Balaban J connectivity index is 2.46. The van der Waals surface area contributed by atoms with E-state index in [9.17, 15) is 18.0 Å². The smallest absolute Gasteiger partial charge is 0.243 e. The number of hydrogen-bond acceptors (Lipinski definition) is 2. The second-order valence-corrected chi connectivity index (χ2v) is 5.73. The Kier molecular flexibility index (Phi) is 9.25. The van der Waals surface area contributed by atoms with Crippen molar-refractivity contribution in [3.05, 3.63) is 42.2 Å². The van der Waals surface area contributed by atoms with Crippen LogP contribution >= 0.6 is 0 Å². The molecule has 0 radical (unpaired) electrons. The number of allylic oxidation sites excluding steroid dienone is 1. The predicted molar refractivity (Wildman–Crippen MR) is 97.6 cm³/mol. The molecule has 0 aromatic heterocycles. The first kappa shape index (κ1) is 21.5. The van der Waals surface area contributed by atoms with Crippen molar-refractivity contribution in [2.24, 2.45) is 4.99 Å². The fourth-order valence-electron chi connectivity index (χ4n) is 2.28. The number of benzene rings is 1. The van der Waals surface area contributed by atoms with Crippen molar-refractivity contribution in [1.82, 2.24) is 10.2 Å². The highest BCUT2D eigenvalue weighted by Gasteiger charge is 2.15. The summed E-state index contributed by atoms with van der Waals surface area (Å²) in [5.41, 5.74) is -0.415. The van der Waals surface area contributed by atoms with Gasteiger partial charge < -0.3 is 15.5 Å². The van der Waals surface area contributed by atoms with Crippen LogP contribution in [0.3, 0.4) is 0 Å². The molecule has 0 fully saturated rings. The van der Waals surface area contributed by atoms with Crippen molar-refractivity contribution >= 4 is 17.6 Å². The summed E-state index contributed by atoms with van der Waals surface area (Å²) in [5.74, 6) is -4.46. The molecule has 0 saturated heterocycles. The lowest BCUT2D eigenvalue weighted by atomic mass is 10.2. The van der Waals surface area contributed by atoms with Gasteiger partial charge in [-0.1, -0.05) is 12.5 Å². The van der Waals surface area contributed by atoms with Gasteiger partial charge in [0.2, 0.25) is 5.91 Å². The number of halogens is 3. The minimum absolute atomic E-state index is 0.189. The lowest BCUT2D eigenvalue weighted by Crippen LogP contribution is -2.42. The molecule has 0 unspecified atom stereocenters. The van der Waals surface area contributed by atoms with Crippen LogP contribution in [-0.4, -0.2) is 44.0 Å². The molecule has 0 aliphatic rings. The van der Waals surface area contributed by atoms with Crippen LogP contribution in [-0.2, 0) is 4.79 Å². The molecule has 2 N–H and O–H groups in total. The van der Waals surface area contributed by atoms with Crippen molar-refractivity contribution in [2.75, 3.05) is 32.5 Å². The van der Waals surface area contributed by atoms with Crippen LogP contribution in [0.4, 0.5) is 18.9 Å². The molecule has 1 amide bonds. The largest absolute Gasteiger partial charge is 0.347 e. The third-order valence-corrected chi connectivity index (χ3v) is 3.69. The summed E-state index contributed by atoms with van der Waals surface area (Å²) in [4.78, 5) is 17.8. The maximum absolute atomic E-state index is 13.6. The summed E-state index contributed by atoms with van der Waals surface area (Å²) in [6, 6.07) is 1.72. The average Bonchev–Trinajstić information content (AvgIpc) is 2.62. The predicted octanol–water partition coefficient (Wildman–Crippen LogP) is 3.30. The van der Waals surface area contributed by atoms with Gasteiger partial charge >= 0.3 is 0 Å². The van der Waals surface area contributed by atoms with Crippen LogP contribution in [0.2, 0.25) is 0 Å². The molecule has 0 saturated carbocycles. The molecule has 0 spiro atoms. The molecule has 0 bridgehead atoms. The van der Waals surface area contributed by atoms with E-state index in [0.717, 1.165) is 44.4 Å². The molecule has 1 aromatic carbocycles. The summed E-state index contributed by atoms with van der Waals surface area (Å²) < 4.78 is 39.6. The van der Waals surface area contributed by atoms with E-state index in [1.54, 1.807) is 7.05 Å². The van der Waals surface area contributed by atoms with Crippen LogP contribution in [0.5, 0.6) is 0 Å². The van der Waals surface area contributed by atoms with Crippen LogP contribution in [0, 0.1) is 17.5 Å². The Morgan fingerprint density at radius 2 is 1.96 bits per heavy atom. The Bertz CT molecular complexity index is 650. The number of guanidine groups is 1. The summed E-state index contributed by atoms with van der Waals surface area (Å²) in [7, 11) is 3.43. The summed E-state index contributed by atoms with van der Waals surface area (Å²) in [6.45, 7) is 4.25. The lowest BCUT2D eigenvalue weighted by molar-refractivity contribution is -0.115. The lowest BCUT2D eigenvalue weighted by Gasteiger charge is -2.21. The van der Waals surface area contributed by atoms with Gasteiger partial charge in [-0.2, -0.15) is 0 Å². The maximum atomic E-state index is 13.6. The van der Waals surface area contributed by atoms with E-state index in [0.29, 0.717) is 5.96 Å². The van der Waals surface area contributed by atoms with E-state index in [1.165, 1.54) is 0 Å². The molecular weight excluding hydrogens is 345 g/mol. The van der Waals surface area contributed by atoms with Crippen LogP contribution in [0.1, 0.15) is 25.7 Å². The van der Waals surface area contributed by atoms with E-state index in [1.807, 2.05) is 18.0 Å². The second kappa shape index (κ2) is 11.2. The summed E-state index contributed by atoms with van der Waals surface area (Å²) in [6.07, 6.45) is 5.97. The molecule has 0 aliphatic heterocycles. The zero-order valence-electron chi connectivity index (χ0n) is 15.1. The highest BCUT2D eigenvalue weighted by Crippen LogP contribution is 2.19. The SMILES string of the molecule is C=CCCCCCN(C)C(=NC)NCC(=O)Nc1ccc(F)c(F)c1F. The molecule has 5 nitrogen and oxygen atoms in total. The number of hydrogen-bond donors (Lipinski definition) is 2. The van der Waals surface area contributed by atoms with Crippen molar-refractivity contribution < 1.29 is 18.0 Å². The number of nitrogens with one attached hydrogen (secondary N) is 2. The first-order valence-electron chi connectivity index (χ1n) is 8.36. The number of nitrogens with zero attached hydrogens (tertiary/aromatic N) is 2. The van der Waals surface area contributed by atoms with Gasteiger partial charge in [0.15, 0.2) is 23.4 Å². The maximum Gasteiger partial charge on any atom is 0.243 e. The third kappa shape index (κ3) is 6.78. The first-order valence-corrected chi connectivity index (χ1v) is 8.36. The molecule has 144 valence electrons. The Hall–Kier alpha value is -2.51. The van der Waals surface area contributed by atoms with Crippen LogP contribution in [0.25, 0.3) is 0 Å². The van der Waals surface area contributed by atoms with Gasteiger partial charge in [0.1, 0.15) is 0 Å². The number of aliphatic imine (C=N–C) groups is 1. The molecule has 0 atom stereocenters. The van der Waals surface area contributed by atoms with E-state index >= 15 is 0 Å². The molecular formula is C18H25F3N4O. The third-order valence-electron chi connectivity index (χ3n) is 3.69. The zero-order valence-corrected chi connectivity index (χ0v) is 15.1. The highest BCUT2D eigenvalue weighted by atomic mass is 19.2. The van der Waals surface area contributed by atoms with Crippen molar-refractivity contribution in [2.45, 2.75) is 25.7 Å². The molecule has 26 heavy (non-hydrogen) atoms. The van der Waals surface area contributed by atoms with Crippen LogP contribution < -0.4 is 10.6 Å². The first-order chi connectivity index (χ1) is 12.4. The van der Waals surface area contributed by atoms with Gasteiger partial charge in [-0.25, -0.2) is 13.2 Å². The van der Waals surface area contributed by atoms with Crippen molar-refractivity contribution in [3.8, 4) is 0 Å². The second-order valence-electron chi connectivity index (χ2n) is 5.73. The van der Waals surface area contributed by atoms with Gasteiger partial charge in [-0.05, 0) is 31.4 Å². The summed E-state index contributed by atoms with van der Waals surface area (Å²) >= 11 is 0. The normalized spacial score (nSPS) is 11.2. The fourth-order valence-corrected chi connectivity index (χ4v) is 2.28. The van der Waals surface area contributed by atoms with Crippen molar-refractivity contribution in [1.29, 1.82) is 0 Å². The highest BCUT2D eigenvalue weighted by molar-refractivity contribution is 5.95. The quantitative estimate of drug-likeness (QED) is 0.231. The molecule has 1 aromatic rings. The van der Waals surface area contributed by atoms with E-state index < -0.39 is 29.0 Å². The van der Waals surface area contributed by atoms with E-state index in [4.69, 9.17) is 0 Å². The van der Waals surface area contributed by atoms with Gasteiger partial charge in [0.05, 0.1) is 12.2 Å². The fraction of sp³-hybridized carbons (Fsp3) is 0.444. The van der Waals surface area contributed by atoms with Gasteiger partial charge in [-0.3, -0.25) is 9.79 Å². The number of carbonyl (C=O) groups excluding carboxylic acids is 1. The molecule has 0 heterocycles. The molecule has 8 heteroatoms. The Labute approximate surface area is 152 Å². The number of rotatable bonds is 9. The van der Waals surface area contributed by atoms with Gasteiger partial charge in [0, 0.05) is 20.6 Å². The van der Waals surface area contributed by atoms with Gasteiger partial charge in [0.25, 0.3) is 0 Å². The molecule has 1 rings (SSSR count). The Morgan fingerprint density at radius 3 is 2.62 bits per heavy atom. The summed E-state index contributed by atoms with van der Waals surface area (Å²) in [5, 5.41) is 5.04. The van der Waals surface area contributed by atoms with E-state index in [-0.39, 0.29) is 6.54 Å². The standard InChI is InChI=1S/C18H25F3N4O/c1-4-5-6-7-8-11-25(3)18(22-2)23-12-15(26)24-14-10-9-13(19)16(20)17(14)21/h4,9-10H,1,5-8,11-12H2,2-3H3,(H,22,23)(H,24,26).